The van der Waals surface area contributed by atoms with Crippen LogP contribution >= 0.6 is 11.8 Å². The van der Waals surface area contributed by atoms with Gasteiger partial charge in [-0.1, -0.05) is 20.8 Å². The van der Waals surface area contributed by atoms with Crippen molar-refractivity contribution in [2.24, 2.45) is 5.92 Å². The maximum absolute atomic E-state index is 12.4. The summed E-state index contributed by atoms with van der Waals surface area (Å²) in [4.78, 5) is 14.5. The fourth-order valence-corrected chi connectivity index (χ4v) is 3.04. The van der Waals surface area contributed by atoms with Crippen molar-refractivity contribution in [1.29, 1.82) is 0 Å². The normalized spacial score (nSPS) is 20.6. The van der Waals surface area contributed by atoms with Gasteiger partial charge in [0.15, 0.2) is 0 Å². The van der Waals surface area contributed by atoms with Crippen molar-refractivity contribution < 1.29 is 4.79 Å². The van der Waals surface area contributed by atoms with Gasteiger partial charge in [0.2, 0.25) is 5.91 Å². The van der Waals surface area contributed by atoms with E-state index in [4.69, 9.17) is 0 Å². The van der Waals surface area contributed by atoms with Crippen LogP contribution in [0.4, 0.5) is 0 Å². The molecule has 1 aliphatic rings. The average Bonchev–Trinajstić information content (AvgIpc) is 2.33. The molecule has 1 fully saturated rings. The number of hydrogen-bond donors (Lipinski definition) is 1. The van der Waals surface area contributed by atoms with Crippen molar-refractivity contribution in [2.75, 3.05) is 25.4 Å². The summed E-state index contributed by atoms with van der Waals surface area (Å²) in [6.45, 7) is 13.8. The Balaban J connectivity index is 2.48. The molecule has 0 radical (unpaired) electrons. The van der Waals surface area contributed by atoms with Gasteiger partial charge in [0, 0.05) is 17.3 Å². The molecule has 112 valence electrons. The first-order chi connectivity index (χ1) is 8.79. The highest BCUT2D eigenvalue weighted by molar-refractivity contribution is 8.01. The molecule has 1 aliphatic heterocycles. The van der Waals surface area contributed by atoms with Gasteiger partial charge in [-0.25, -0.2) is 0 Å². The second kappa shape index (κ2) is 7.53. The molecule has 0 aromatic carbocycles. The molecule has 0 spiro atoms. The van der Waals surface area contributed by atoms with E-state index in [2.05, 4.69) is 44.8 Å². The summed E-state index contributed by atoms with van der Waals surface area (Å²) in [5.41, 5.74) is 0. The summed E-state index contributed by atoms with van der Waals surface area (Å²) in [6.07, 6.45) is 2.48. The van der Waals surface area contributed by atoms with Gasteiger partial charge in [-0.3, -0.25) is 4.79 Å². The second-order valence-corrected chi connectivity index (χ2v) is 8.56. The molecule has 0 bridgehead atoms. The zero-order valence-electron chi connectivity index (χ0n) is 13.2. The maximum Gasteiger partial charge on any atom is 0.232 e. The summed E-state index contributed by atoms with van der Waals surface area (Å²) >= 11 is 1.74. The van der Waals surface area contributed by atoms with Gasteiger partial charge in [-0.2, -0.15) is 0 Å². The fraction of sp³-hybridized carbons (Fsp3) is 0.933. The lowest BCUT2D eigenvalue weighted by molar-refractivity contribution is -0.130. The number of nitrogens with zero attached hydrogens (tertiary/aromatic N) is 1. The molecule has 1 atom stereocenters. The number of rotatable bonds is 5. The minimum atomic E-state index is 0.157. The molecule has 1 N–H and O–H groups in total. The molecule has 3 nitrogen and oxygen atoms in total. The van der Waals surface area contributed by atoms with Crippen LogP contribution in [0.5, 0.6) is 0 Å². The van der Waals surface area contributed by atoms with Gasteiger partial charge in [0.25, 0.3) is 0 Å². The molecule has 1 amide bonds. The Labute approximate surface area is 122 Å². The van der Waals surface area contributed by atoms with Crippen LogP contribution in [0, 0.1) is 5.92 Å². The van der Waals surface area contributed by atoms with Crippen molar-refractivity contribution >= 4 is 17.7 Å². The third-order valence-electron chi connectivity index (χ3n) is 3.43. The smallest absolute Gasteiger partial charge is 0.232 e. The molecule has 19 heavy (non-hydrogen) atoms. The lowest BCUT2D eigenvalue weighted by Gasteiger charge is -2.33. The third-order valence-corrected chi connectivity index (χ3v) is 4.68. The predicted octanol–water partition coefficient (Wildman–Crippen LogP) is 2.75. The number of hydrogen-bond acceptors (Lipinski definition) is 3. The lowest BCUT2D eigenvalue weighted by Crippen LogP contribution is -2.45. The maximum atomic E-state index is 12.4. The highest BCUT2D eigenvalue weighted by Crippen LogP contribution is 2.24. The van der Waals surface area contributed by atoms with E-state index in [-0.39, 0.29) is 4.75 Å². The van der Waals surface area contributed by atoms with Crippen LogP contribution in [-0.4, -0.2) is 47.0 Å². The van der Waals surface area contributed by atoms with Crippen LogP contribution in [0.3, 0.4) is 0 Å². The summed E-state index contributed by atoms with van der Waals surface area (Å²) in [5.74, 6) is 1.52. The number of amides is 1. The number of piperidine rings is 1. The van der Waals surface area contributed by atoms with Crippen LogP contribution in [0.1, 0.15) is 47.5 Å². The molecule has 0 aromatic heterocycles. The molecule has 0 aromatic rings. The lowest BCUT2D eigenvalue weighted by atomic mass is 9.98. The molecular weight excluding hydrogens is 256 g/mol. The number of nitrogens with one attached hydrogen (secondary N) is 1. The summed E-state index contributed by atoms with van der Waals surface area (Å²) in [5, 5.41) is 3.43. The van der Waals surface area contributed by atoms with E-state index < -0.39 is 0 Å². The van der Waals surface area contributed by atoms with Crippen molar-refractivity contribution in [3.8, 4) is 0 Å². The van der Waals surface area contributed by atoms with E-state index in [0.29, 0.717) is 23.6 Å². The SMILES string of the molecule is CC(C)N(CC1CCCNC1)C(=O)CSC(C)(C)C. The van der Waals surface area contributed by atoms with Crippen molar-refractivity contribution in [2.45, 2.75) is 58.2 Å². The highest BCUT2D eigenvalue weighted by atomic mass is 32.2. The quantitative estimate of drug-likeness (QED) is 0.843. The summed E-state index contributed by atoms with van der Waals surface area (Å²) in [7, 11) is 0. The molecule has 4 heteroatoms. The molecule has 1 unspecified atom stereocenters. The first kappa shape index (κ1) is 16.8. The standard InChI is InChI=1S/C15H30N2OS/c1-12(2)17(10-13-7-6-8-16-9-13)14(18)11-19-15(3,4)5/h12-13,16H,6-11H2,1-5H3. The van der Waals surface area contributed by atoms with Crippen molar-refractivity contribution in [1.82, 2.24) is 10.2 Å². The van der Waals surface area contributed by atoms with Crippen LogP contribution in [0.2, 0.25) is 0 Å². The zero-order chi connectivity index (χ0) is 14.5. The summed E-state index contributed by atoms with van der Waals surface area (Å²) < 4.78 is 0.157. The monoisotopic (exact) mass is 286 g/mol. The van der Waals surface area contributed by atoms with E-state index in [9.17, 15) is 4.79 Å². The topological polar surface area (TPSA) is 32.3 Å². The largest absolute Gasteiger partial charge is 0.339 e. The van der Waals surface area contributed by atoms with Gasteiger partial charge in [-0.05, 0) is 45.7 Å². The summed E-state index contributed by atoms with van der Waals surface area (Å²) in [6, 6.07) is 0.301. The van der Waals surface area contributed by atoms with Crippen LogP contribution in [0.15, 0.2) is 0 Å². The molecular formula is C15H30N2OS. The van der Waals surface area contributed by atoms with Gasteiger partial charge in [0.05, 0.1) is 5.75 Å². The molecule has 1 heterocycles. The first-order valence-corrected chi connectivity index (χ1v) is 8.42. The van der Waals surface area contributed by atoms with Crippen LogP contribution < -0.4 is 5.32 Å². The molecule has 1 rings (SSSR count). The van der Waals surface area contributed by atoms with Gasteiger partial charge < -0.3 is 10.2 Å². The minimum absolute atomic E-state index is 0.157. The number of carbonyl (C=O) groups is 1. The van der Waals surface area contributed by atoms with Crippen molar-refractivity contribution in [3.05, 3.63) is 0 Å². The Morgan fingerprint density at radius 2 is 2.11 bits per heavy atom. The average molecular weight is 286 g/mol. The van der Waals surface area contributed by atoms with Crippen LogP contribution in [0.25, 0.3) is 0 Å². The first-order valence-electron chi connectivity index (χ1n) is 7.44. The third kappa shape index (κ3) is 6.66. The van der Waals surface area contributed by atoms with Gasteiger partial charge in [0.1, 0.15) is 0 Å². The Morgan fingerprint density at radius 1 is 1.42 bits per heavy atom. The van der Waals surface area contributed by atoms with E-state index >= 15 is 0 Å². The Kier molecular flexibility index (Phi) is 6.67. The van der Waals surface area contributed by atoms with Gasteiger partial charge in [-0.15, -0.1) is 11.8 Å². The van der Waals surface area contributed by atoms with Crippen LogP contribution in [-0.2, 0) is 4.79 Å². The number of carbonyl (C=O) groups excluding carboxylic acids is 1. The molecule has 0 saturated carbocycles. The Hall–Kier alpha value is -0.220. The van der Waals surface area contributed by atoms with E-state index in [0.717, 1.165) is 19.6 Å². The Bertz CT molecular complexity index is 280. The zero-order valence-corrected chi connectivity index (χ0v) is 14.0. The molecule has 1 saturated heterocycles. The van der Waals surface area contributed by atoms with E-state index in [1.807, 2.05) is 0 Å². The minimum Gasteiger partial charge on any atom is -0.339 e. The molecule has 0 aliphatic carbocycles. The number of thioether (sulfide) groups is 1. The van der Waals surface area contributed by atoms with Gasteiger partial charge >= 0.3 is 0 Å². The van der Waals surface area contributed by atoms with Crippen molar-refractivity contribution in [3.63, 3.8) is 0 Å². The Morgan fingerprint density at radius 3 is 2.58 bits per heavy atom. The second-order valence-electron chi connectivity index (χ2n) is 6.75. The van der Waals surface area contributed by atoms with E-state index in [1.165, 1.54) is 12.8 Å². The van der Waals surface area contributed by atoms with E-state index in [1.54, 1.807) is 11.8 Å². The fourth-order valence-electron chi connectivity index (χ4n) is 2.32. The predicted molar refractivity (Wildman–Crippen MR) is 84.7 cm³/mol. The highest BCUT2D eigenvalue weighted by Gasteiger charge is 2.24.